The Morgan fingerprint density at radius 3 is 2.53 bits per heavy atom. The quantitative estimate of drug-likeness (QED) is 0.490. The molecule has 3 rings (SSSR count). The number of sulfone groups is 1. The molecule has 34 heavy (non-hydrogen) atoms. The van der Waals surface area contributed by atoms with Gasteiger partial charge in [-0.25, -0.2) is 8.42 Å². The lowest BCUT2D eigenvalue weighted by Crippen LogP contribution is -2.41. The molecule has 0 unspecified atom stereocenters. The van der Waals surface area contributed by atoms with E-state index in [9.17, 15) is 22.8 Å². The van der Waals surface area contributed by atoms with Crippen LogP contribution < -0.4 is 9.54 Å². The molecular formula is C22H29N3O7S2. The molecule has 0 bridgehead atoms. The van der Waals surface area contributed by atoms with E-state index in [1.165, 1.54) is 16.6 Å². The van der Waals surface area contributed by atoms with Crippen LogP contribution in [0.3, 0.4) is 0 Å². The molecule has 0 spiro atoms. The van der Waals surface area contributed by atoms with E-state index in [2.05, 4.69) is 11.9 Å². The van der Waals surface area contributed by atoms with Crippen LogP contribution in [0.4, 0.5) is 0 Å². The van der Waals surface area contributed by atoms with Crippen molar-refractivity contribution in [1.82, 2.24) is 9.47 Å². The normalized spacial score (nSPS) is 15.5. The first-order valence-electron chi connectivity index (χ1n) is 11.0. The van der Waals surface area contributed by atoms with E-state index in [1.807, 2.05) is 0 Å². The van der Waals surface area contributed by atoms with Crippen molar-refractivity contribution in [3.05, 3.63) is 23.0 Å². The lowest BCUT2D eigenvalue weighted by Gasteiger charge is -2.30. The average Bonchev–Trinajstić information content (AvgIpc) is 3.09. The molecule has 2 aromatic rings. The van der Waals surface area contributed by atoms with Gasteiger partial charge >= 0.3 is 5.97 Å². The number of benzene rings is 1. The number of aromatic nitrogens is 1. The topological polar surface area (TPSA) is 124 Å². The predicted octanol–water partition coefficient (Wildman–Crippen LogP) is 1.38. The van der Waals surface area contributed by atoms with Gasteiger partial charge in [0, 0.05) is 13.1 Å². The minimum Gasteiger partial charge on any atom is -0.497 e. The molecule has 2 amide bonds. The highest BCUT2D eigenvalue weighted by Gasteiger charge is 2.26. The molecule has 1 saturated heterocycles. The molecule has 0 N–H and O–H groups in total. The average molecular weight is 512 g/mol. The Kier molecular flexibility index (Phi) is 8.47. The summed E-state index contributed by atoms with van der Waals surface area (Å²) in [6.07, 6.45) is 1.66. The highest BCUT2D eigenvalue weighted by Crippen LogP contribution is 2.23. The molecule has 12 heteroatoms. The highest BCUT2D eigenvalue weighted by atomic mass is 32.2. The van der Waals surface area contributed by atoms with Crippen LogP contribution in [0.25, 0.3) is 10.2 Å². The maximum Gasteiger partial charge on any atom is 0.326 e. The number of methoxy groups -OCH3 is 1. The van der Waals surface area contributed by atoms with E-state index in [0.29, 0.717) is 35.0 Å². The van der Waals surface area contributed by atoms with Gasteiger partial charge in [0.05, 0.1) is 23.9 Å². The van der Waals surface area contributed by atoms with E-state index in [0.717, 1.165) is 24.2 Å². The minimum absolute atomic E-state index is 0.160. The fraction of sp³-hybridized carbons (Fsp3) is 0.545. The van der Waals surface area contributed by atoms with Gasteiger partial charge in [0.15, 0.2) is 14.6 Å². The largest absolute Gasteiger partial charge is 0.497 e. The fourth-order valence-corrected chi connectivity index (χ4v) is 5.85. The smallest absolute Gasteiger partial charge is 0.326 e. The van der Waals surface area contributed by atoms with Crippen molar-refractivity contribution in [2.45, 2.75) is 33.2 Å². The summed E-state index contributed by atoms with van der Waals surface area (Å²) in [5.74, 6) is -2.44. The van der Waals surface area contributed by atoms with E-state index < -0.39 is 39.1 Å². The van der Waals surface area contributed by atoms with Crippen LogP contribution in [-0.4, -0.2) is 74.0 Å². The molecule has 0 atom stereocenters. The molecule has 1 fully saturated rings. The monoisotopic (exact) mass is 511 g/mol. The van der Waals surface area contributed by atoms with E-state index in [1.54, 1.807) is 25.1 Å². The lowest BCUT2D eigenvalue weighted by molar-refractivity contribution is -0.143. The summed E-state index contributed by atoms with van der Waals surface area (Å²) < 4.78 is 37.5. The summed E-state index contributed by atoms with van der Waals surface area (Å²) in [7, 11) is -2.48. The molecule has 0 radical (unpaired) electrons. The van der Waals surface area contributed by atoms with Gasteiger partial charge < -0.3 is 18.9 Å². The summed E-state index contributed by atoms with van der Waals surface area (Å²) >= 11 is 1.12. The summed E-state index contributed by atoms with van der Waals surface area (Å²) in [5.41, 5.74) is 0.628. The number of fused-ring (bicyclic) bond motifs is 1. The maximum atomic E-state index is 12.6. The van der Waals surface area contributed by atoms with Gasteiger partial charge in [-0.15, -0.1) is 0 Å². The molecule has 0 saturated carbocycles. The van der Waals surface area contributed by atoms with Crippen LogP contribution in [0, 0.1) is 5.92 Å². The number of likely N-dealkylation sites (tertiary alicyclic amines) is 1. The zero-order chi connectivity index (χ0) is 24.9. The summed E-state index contributed by atoms with van der Waals surface area (Å²) in [6.45, 7) is 4.83. The van der Waals surface area contributed by atoms with Crippen LogP contribution in [0.5, 0.6) is 5.75 Å². The summed E-state index contributed by atoms with van der Waals surface area (Å²) in [4.78, 5) is 42.8. The second-order valence-electron chi connectivity index (χ2n) is 8.21. The second-order valence-corrected chi connectivity index (χ2v) is 11.3. The minimum atomic E-state index is -4.00. The third-order valence-corrected chi connectivity index (χ3v) is 7.94. The zero-order valence-corrected chi connectivity index (χ0v) is 21.1. The number of hydrogen-bond donors (Lipinski definition) is 0. The standard InChI is InChI=1S/C22H29N3O7S2/c1-4-32-21(28)12-25-17-6-5-16(31-3)11-18(17)33-22(25)23-19(26)13-34(29,30)14-20(27)24-9-7-15(2)8-10-24/h5-6,11,15H,4,7-10,12-14H2,1-3H3. The Hall–Kier alpha value is -2.73. The third-order valence-electron chi connectivity index (χ3n) is 5.53. The van der Waals surface area contributed by atoms with Gasteiger partial charge in [0.2, 0.25) is 5.91 Å². The molecule has 1 aliphatic rings. The first kappa shape index (κ1) is 25.9. The fourth-order valence-electron chi connectivity index (χ4n) is 3.67. The predicted molar refractivity (Wildman–Crippen MR) is 127 cm³/mol. The molecule has 0 aliphatic carbocycles. The van der Waals surface area contributed by atoms with Crippen molar-refractivity contribution in [3.8, 4) is 5.75 Å². The first-order valence-corrected chi connectivity index (χ1v) is 13.6. The number of rotatable bonds is 8. The van der Waals surface area contributed by atoms with Gasteiger partial charge in [-0.2, -0.15) is 4.99 Å². The van der Waals surface area contributed by atoms with Crippen molar-refractivity contribution < 1.29 is 32.3 Å². The van der Waals surface area contributed by atoms with Crippen molar-refractivity contribution in [2.24, 2.45) is 10.9 Å². The van der Waals surface area contributed by atoms with Crippen molar-refractivity contribution in [1.29, 1.82) is 0 Å². The number of amides is 2. The van der Waals surface area contributed by atoms with E-state index in [-0.39, 0.29) is 18.0 Å². The molecule has 1 aliphatic heterocycles. The number of thiazole rings is 1. The number of piperidine rings is 1. The number of esters is 1. The Morgan fingerprint density at radius 2 is 1.88 bits per heavy atom. The SMILES string of the molecule is CCOC(=O)Cn1c(=NC(=O)CS(=O)(=O)CC(=O)N2CCC(C)CC2)sc2cc(OC)ccc21. The molecule has 10 nitrogen and oxygen atoms in total. The van der Waals surface area contributed by atoms with Gasteiger partial charge in [0.25, 0.3) is 5.91 Å². The number of carbonyl (C=O) groups is 3. The Morgan fingerprint density at radius 1 is 1.18 bits per heavy atom. The van der Waals surface area contributed by atoms with E-state index >= 15 is 0 Å². The maximum absolute atomic E-state index is 12.6. The second kappa shape index (κ2) is 11.1. The van der Waals surface area contributed by atoms with Crippen molar-refractivity contribution in [3.63, 3.8) is 0 Å². The number of ether oxygens (including phenoxy) is 2. The number of hydrogen-bond acceptors (Lipinski definition) is 8. The van der Waals surface area contributed by atoms with Crippen molar-refractivity contribution in [2.75, 3.05) is 38.3 Å². The molecular weight excluding hydrogens is 482 g/mol. The zero-order valence-electron chi connectivity index (χ0n) is 19.5. The molecule has 1 aromatic heterocycles. The highest BCUT2D eigenvalue weighted by molar-refractivity contribution is 7.92. The number of carbonyl (C=O) groups excluding carboxylic acids is 3. The lowest BCUT2D eigenvalue weighted by atomic mass is 9.99. The van der Waals surface area contributed by atoms with Gasteiger partial charge in [-0.3, -0.25) is 14.4 Å². The summed E-state index contributed by atoms with van der Waals surface area (Å²) in [6, 6.07) is 5.17. The van der Waals surface area contributed by atoms with Crippen LogP contribution in [0.2, 0.25) is 0 Å². The van der Waals surface area contributed by atoms with Gasteiger partial charge in [-0.1, -0.05) is 18.3 Å². The Balaban J connectivity index is 1.82. The first-order chi connectivity index (χ1) is 16.1. The van der Waals surface area contributed by atoms with Crippen LogP contribution >= 0.6 is 11.3 Å². The number of nitrogens with zero attached hydrogens (tertiary/aromatic N) is 3. The van der Waals surface area contributed by atoms with Crippen LogP contribution in [0.1, 0.15) is 26.7 Å². The Labute approximate surface area is 202 Å². The molecule has 186 valence electrons. The Bertz CT molecular complexity index is 1240. The van der Waals surface area contributed by atoms with Crippen LogP contribution in [-0.2, 0) is 35.5 Å². The van der Waals surface area contributed by atoms with Crippen molar-refractivity contribution >= 4 is 49.2 Å². The van der Waals surface area contributed by atoms with E-state index in [4.69, 9.17) is 9.47 Å². The third kappa shape index (κ3) is 6.66. The van der Waals surface area contributed by atoms with Gasteiger partial charge in [-0.05, 0) is 43.9 Å². The van der Waals surface area contributed by atoms with Crippen LogP contribution in [0.15, 0.2) is 23.2 Å². The summed E-state index contributed by atoms with van der Waals surface area (Å²) in [5, 5.41) is 0. The molecule has 1 aromatic carbocycles. The molecule has 2 heterocycles. The van der Waals surface area contributed by atoms with Gasteiger partial charge in [0.1, 0.15) is 23.8 Å².